The van der Waals surface area contributed by atoms with E-state index >= 15 is 0 Å². The van der Waals surface area contributed by atoms with Crippen LogP contribution < -0.4 is 4.90 Å². The Hall–Kier alpha value is 0.104. The van der Waals surface area contributed by atoms with Crippen molar-refractivity contribution in [3.63, 3.8) is 0 Å². The smallest absolute Gasteiger partial charge is 0.128 e. The van der Waals surface area contributed by atoms with E-state index in [4.69, 9.17) is 4.74 Å². The van der Waals surface area contributed by atoms with Crippen LogP contribution in [0.4, 0.5) is 5.82 Å². The van der Waals surface area contributed by atoms with Crippen LogP contribution in [-0.4, -0.2) is 17.3 Å². The van der Waals surface area contributed by atoms with Crippen molar-refractivity contribution >= 4 is 17.6 Å². The van der Waals surface area contributed by atoms with Gasteiger partial charge in [0.1, 0.15) is 6.23 Å². The van der Waals surface area contributed by atoms with E-state index in [2.05, 4.69) is 43.3 Å². The number of fused-ring (bicyclic) bond motifs is 1. The van der Waals surface area contributed by atoms with Gasteiger partial charge in [0.05, 0.1) is 11.1 Å². The van der Waals surface area contributed by atoms with Gasteiger partial charge >= 0.3 is 0 Å². The van der Waals surface area contributed by atoms with E-state index in [1.165, 1.54) is 0 Å². The first-order valence-electron chi connectivity index (χ1n) is 7.23. The average molecular weight is 378 g/mol. The Morgan fingerprint density at radius 2 is 2.14 bits per heavy atom. The molecular formula is C16H21N2OSY-. The predicted octanol–water partition coefficient (Wildman–Crippen LogP) is 3.98. The van der Waals surface area contributed by atoms with Gasteiger partial charge < -0.3 is 14.6 Å². The summed E-state index contributed by atoms with van der Waals surface area (Å²) in [5, 5.41) is 0.996. The number of anilines is 1. The summed E-state index contributed by atoms with van der Waals surface area (Å²) in [5.41, 5.74) is 0.981. The van der Waals surface area contributed by atoms with Gasteiger partial charge in [-0.1, -0.05) is 56.6 Å². The Balaban J connectivity index is 0.00000161. The standard InChI is InChI=1S/C16H21N2OS.Y/c1-6-13-10(3)11(4)16(19-13)18-12(5)20-14-8-7-9(2)17-15(14)18;/h7,10-11,13,16H,5-6H2,1-4H3;/q-1;/t10-,11+,13+,16+;/m0./s1. The first-order valence-corrected chi connectivity index (χ1v) is 8.05. The zero-order valence-corrected chi connectivity index (χ0v) is 16.7. The van der Waals surface area contributed by atoms with Crippen molar-refractivity contribution in [1.82, 2.24) is 4.98 Å². The quantitative estimate of drug-likeness (QED) is 0.727. The monoisotopic (exact) mass is 378 g/mol. The minimum absolute atomic E-state index is 0. The Morgan fingerprint density at radius 1 is 1.43 bits per heavy atom. The molecule has 0 aliphatic carbocycles. The molecule has 0 N–H and O–H groups in total. The molecule has 0 saturated carbocycles. The van der Waals surface area contributed by atoms with Crippen LogP contribution in [0.5, 0.6) is 0 Å². The van der Waals surface area contributed by atoms with Crippen LogP contribution in [0.2, 0.25) is 0 Å². The molecular weight excluding hydrogens is 357 g/mol. The van der Waals surface area contributed by atoms with Gasteiger partial charge in [0.25, 0.3) is 0 Å². The number of hydrogen-bond acceptors (Lipinski definition) is 4. The molecule has 2 aliphatic rings. The third-order valence-electron chi connectivity index (χ3n) is 4.45. The van der Waals surface area contributed by atoms with Crippen LogP contribution in [-0.2, 0) is 37.4 Å². The molecule has 111 valence electrons. The third-order valence-corrected chi connectivity index (χ3v) is 5.39. The third kappa shape index (κ3) is 2.97. The second-order valence-corrected chi connectivity index (χ2v) is 6.84. The van der Waals surface area contributed by atoms with E-state index in [1.54, 1.807) is 11.8 Å². The summed E-state index contributed by atoms with van der Waals surface area (Å²) in [6, 6.07) is 5.22. The number of aromatic nitrogens is 1. The topological polar surface area (TPSA) is 25.4 Å². The van der Waals surface area contributed by atoms with E-state index in [1.807, 2.05) is 13.0 Å². The van der Waals surface area contributed by atoms with Crippen LogP contribution in [0.3, 0.4) is 0 Å². The van der Waals surface area contributed by atoms with Gasteiger partial charge in [0.2, 0.25) is 0 Å². The molecule has 2 aliphatic heterocycles. The van der Waals surface area contributed by atoms with Crippen LogP contribution in [0, 0.1) is 24.8 Å². The summed E-state index contributed by atoms with van der Waals surface area (Å²) < 4.78 is 6.28. The molecule has 3 rings (SSSR count). The number of pyridine rings is 1. The van der Waals surface area contributed by atoms with Gasteiger partial charge in [-0.2, -0.15) is 12.1 Å². The molecule has 0 bridgehead atoms. The average Bonchev–Trinajstić information content (AvgIpc) is 2.88. The van der Waals surface area contributed by atoms with Gasteiger partial charge in [-0.05, 0) is 12.3 Å². The summed E-state index contributed by atoms with van der Waals surface area (Å²) in [6.07, 6.45) is 1.42. The molecule has 3 nitrogen and oxygen atoms in total. The summed E-state index contributed by atoms with van der Waals surface area (Å²) in [7, 11) is 0. The van der Waals surface area contributed by atoms with Gasteiger partial charge in [0, 0.05) is 44.4 Å². The largest absolute Gasteiger partial charge is 0.363 e. The van der Waals surface area contributed by atoms with Crippen molar-refractivity contribution < 1.29 is 37.4 Å². The van der Waals surface area contributed by atoms with Gasteiger partial charge in [0.15, 0.2) is 0 Å². The number of thioether (sulfide) groups is 1. The van der Waals surface area contributed by atoms with Gasteiger partial charge in [-0.25, -0.2) is 0 Å². The minimum Gasteiger partial charge on any atom is -0.363 e. The van der Waals surface area contributed by atoms with Crippen molar-refractivity contribution in [2.24, 2.45) is 11.8 Å². The summed E-state index contributed by atoms with van der Waals surface area (Å²) >= 11 is 1.64. The maximum atomic E-state index is 6.28. The zero-order valence-electron chi connectivity index (χ0n) is 13.1. The van der Waals surface area contributed by atoms with Crippen LogP contribution in [0.25, 0.3) is 0 Å². The molecule has 0 aromatic carbocycles. The summed E-state index contributed by atoms with van der Waals surface area (Å²) in [5.74, 6) is 1.98. The fourth-order valence-corrected chi connectivity index (χ4v) is 3.94. The second-order valence-electron chi connectivity index (χ2n) is 5.75. The Labute approximate surface area is 156 Å². The molecule has 5 heteroatoms. The number of ether oxygens (including phenoxy) is 1. The molecule has 1 saturated heterocycles. The van der Waals surface area contributed by atoms with Crippen LogP contribution >= 0.6 is 11.8 Å². The van der Waals surface area contributed by atoms with Crippen molar-refractivity contribution in [2.75, 3.05) is 4.90 Å². The molecule has 4 atom stereocenters. The number of nitrogens with zero attached hydrogens (tertiary/aromatic N) is 2. The fraction of sp³-hybridized carbons (Fsp3) is 0.562. The normalized spacial score (nSPS) is 31.2. The van der Waals surface area contributed by atoms with Crippen molar-refractivity contribution in [3.05, 3.63) is 29.4 Å². The Kier molecular flexibility index (Phi) is 5.57. The molecule has 1 aromatic rings. The van der Waals surface area contributed by atoms with E-state index in [-0.39, 0.29) is 38.9 Å². The van der Waals surface area contributed by atoms with Crippen LogP contribution in [0.15, 0.2) is 22.6 Å². The Bertz CT molecular complexity index is 551. The Morgan fingerprint density at radius 3 is 2.76 bits per heavy atom. The number of hydrogen-bond donors (Lipinski definition) is 0. The predicted molar refractivity (Wildman–Crippen MR) is 82.6 cm³/mol. The molecule has 0 amide bonds. The van der Waals surface area contributed by atoms with E-state index in [0.717, 1.165) is 27.9 Å². The summed E-state index contributed by atoms with van der Waals surface area (Å²) in [6.45, 7) is 12.9. The molecule has 0 unspecified atom stereocenters. The van der Waals surface area contributed by atoms with E-state index in [0.29, 0.717) is 17.9 Å². The minimum atomic E-state index is 0. The molecule has 21 heavy (non-hydrogen) atoms. The molecule has 1 aromatic heterocycles. The maximum Gasteiger partial charge on any atom is 0.128 e. The first-order chi connectivity index (χ1) is 9.52. The first kappa shape index (κ1) is 17.5. The number of rotatable bonds is 2. The molecule has 0 spiro atoms. The zero-order chi connectivity index (χ0) is 14.4. The molecule has 1 radical (unpaired) electrons. The van der Waals surface area contributed by atoms with Gasteiger partial charge in [-0.3, -0.25) is 0 Å². The molecule has 3 heterocycles. The van der Waals surface area contributed by atoms with Crippen molar-refractivity contribution in [2.45, 2.75) is 51.3 Å². The maximum absolute atomic E-state index is 6.28. The molecule has 1 fully saturated rings. The second kappa shape index (κ2) is 6.70. The summed E-state index contributed by atoms with van der Waals surface area (Å²) in [4.78, 5) is 7.90. The van der Waals surface area contributed by atoms with Crippen molar-refractivity contribution in [1.29, 1.82) is 0 Å². The fourth-order valence-electron chi connectivity index (χ4n) is 3.06. The van der Waals surface area contributed by atoms with Crippen LogP contribution in [0.1, 0.15) is 32.9 Å². The van der Waals surface area contributed by atoms with Crippen molar-refractivity contribution in [3.8, 4) is 0 Å². The van der Waals surface area contributed by atoms with Gasteiger partial charge in [-0.15, -0.1) is 0 Å². The number of aryl methyl sites for hydroxylation is 1. The SMILES string of the molecule is C=C1Sc2[c-]cc(C)nc2N1[C@@H]1O[C@H](CC)[C@@H](C)[C@H]1C.[Y]. The van der Waals surface area contributed by atoms with E-state index in [9.17, 15) is 0 Å². The van der Waals surface area contributed by atoms with E-state index < -0.39 is 0 Å².